The molecule has 0 saturated heterocycles. The van der Waals surface area contributed by atoms with Crippen LogP contribution in [0, 0.1) is 11.6 Å². The van der Waals surface area contributed by atoms with E-state index in [9.17, 15) is 13.6 Å². The number of hydrogen-bond acceptors (Lipinski definition) is 3. The van der Waals surface area contributed by atoms with Crippen molar-refractivity contribution in [1.82, 2.24) is 0 Å². The first-order valence-electron chi connectivity index (χ1n) is 5.38. The Morgan fingerprint density at radius 2 is 2.00 bits per heavy atom. The Balaban J connectivity index is 2.44. The second-order valence-electron chi connectivity index (χ2n) is 3.79. The molecule has 0 bridgehead atoms. The van der Waals surface area contributed by atoms with E-state index in [2.05, 4.69) is 9.73 Å². The van der Waals surface area contributed by atoms with Crippen LogP contribution in [-0.2, 0) is 4.74 Å². The topological polar surface area (TPSA) is 38.7 Å². The lowest BCUT2D eigenvalue weighted by atomic mass is 10.0. The normalized spacial score (nSPS) is 14.3. The van der Waals surface area contributed by atoms with Gasteiger partial charge in [0.2, 0.25) is 0 Å². The van der Waals surface area contributed by atoms with Gasteiger partial charge in [0, 0.05) is 12.6 Å². The van der Waals surface area contributed by atoms with Gasteiger partial charge < -0.3 is 4.74 Å². The van der Waals surface area contributed by atoms with Crippen LogP contribution in [0.25, 0.3) is 5.57 Å². The second-order valence-corrected chi connectivity index (χ2v) is 3.79. The lowest BCUT2D eigenvalue weighted by Crippen LogP contribution is -2.07. The van der Waals surface area contributed by atoms with E-state index < -0.39 is 17.6 Å². The van der Waals surface area contributed by atoms with Crippen LogP contribution in [0.15, 0.2) is 23.2 Å². The van der Waals surface area contributed by atoms with Crippen molar-refractivity contribution in [3.8, 4) is 0 Å². The van der Waals surface area contributed by atoms with Gasteiger partial charge in [-0.25, -0.2) is 13.6 Å². The molecule has 1 aromatic rings. The van der Waals surface area contributed by atoms with Crippen LogP contribution >= 0.6 is 0 Å². The SMILES string of the molecule is COC(=O)c1cc(F)c(C2=CCC=NC2)c(F)c1. The molecule has 0 fully saturated rings. The summed E-state index contributed by atoms with van der Waals surface area (Å²) in [6.45, 7) is 0.241. The number of aliphatic imine (C=N–C) groups is 1. The van der Waals surface area contributed by atoms with Gasteiger partial charge in [-0.3, -0.25) is 4.99 Å². The number of ether oxygens (including phenoxy) is 1. The van der Waals surface area contributed by atoms with Crippen molar-refractivity contribution in [2.24, 2.45) is 4.99 Å². The largest absolute Gasteiger partial charge is 0.465 e. The molecule has 1 heterocycles. The molecule has 1 aliphatic heterocycles. The molecule has 94 valence electrons. The van der Waals surface area contributed by atoms with Crippen LogP contribution in [0.2, 0.25) is 0 Å². The van der Waals surface area contributed by atoms with Gasteiger partial charge in [-0.15, -0.1) is 0 Å². The highest BCUT2D eigenvalue weighted by molar-refractivity contribution is 5.90. The number of methoxy groups -OCH3 is 1. The van der Waals surface area contributed by atoms with Crippen LogP contribution in [0.3, 0.4) is 0 Å². The average molecular weight is 251 g/mol. The Bertz CT molecular complexity index is 527. The molecule has 1 aliphatic rings. The smallest absolute Gasteiger partial charge is 0.338 e. The number of benzene rings is 1. The molecule has 0 radical (unpaired) electrons. The van der Waals surface area contributed by atoms with Crippen LogP contribution in [0.1, 0.15) is 22.3 Å². The summed E-state index contributed by atoms with van der Waals surface area (Å²) in [7, 11) is 1.16. The molecule has 0 amide bonds. The van der Waals surface area contributed by atoms with Crippen molar-refractivity contribution >= 4 is 17.8 Å². The molecule has 2 rings (SSSR count). The summed E-state index contributed by atoms with van der Waals surface area (Å²) in [6, 6.07) is 1.95. The number of rotatable bonds is 2. The Hall–Kier alpha value is -2.04. The zero-order valence-corrected chi connectivity index (χ0v) is 9.74. The van der Waals surface area contributed by atoms with E-state index in [4.69, 9.17) is 0 Å². The highest BCUT2D eigenvalue weighted by Gasteiger charge is 2.18. The number of halogens is 2. The van der Waals surface area contributed by atoms with Crippen LogP contribution in [0.4, 0.5) is 8.78 Å². The Kier molecular flexibility index (Phi) is 3.50. The quantitative estimate of drug-likeness (QED) is 0.758. The summed E-state index contributed by atoms with van der Waals surface area (Å²) in [4.78, 5) is 15.2. The van der Waals surface area contributed by atoms with E-state index in [1.54, 1.807) is 12.3 Å². The number of carbonyl (C=O) groups excluding carboxylic acids is 1. The summed E-state index contributed by atoms with van der Waals surface area (Å²) in [5.74, 6) is -2.33. The van der Waals surface area contributed by atoms with Gasteiger partial charge in [0.1, 0.15) is 11.6 Å². The first-order valence-corrected chi connectivity index (χ1v) is 5.38. The number of carbonyl (C=O) groups is 1. The predicted octanol–water partition coefficient (Wildman–Crippen LogP) is 2.61. The van der Waals surface area contributed by atoms with Crippen molar-refractivity contribution in [3.05, 3.63) is 41.0 Å². The minimum absolute atomic E-state index is 0.125. The van der Waals surface area contributed by atoms with Crippen molar-refractivity contribution < 1.29 is 18.3 Å². The van der Waals surface area contributed by atoms with Crippen molar-refractivity contribution in [1.29, 1.82) is 0 Å². The van der Waals surface area contributed by atoms with E-state index in [1.807, 2.05) is 0 Å². The van der Waals surface area contributed by atoms with Gasteiger partial charge >= 0.3 is 5.97 Å². The molecule has 5 heteroatoms. The highest BCUT2D eigenvalue weighted by atomic mass is 19.1. The first-order chi connectivity index (χ1) is 8.63. The molecule has 0 aromatic heterocycles. The molecule has 3 nitrogen and oxygen atoms in total. The first kappa shape index (κ1) is 12.4. The van der Waals surface area contributed by atoms with Gasteiger partial charge in [0.15, 0.2) is 0 Å². The zero-order chi connectivity index (χ0) is 13.1. The van der Waals surface area contributed by atoms with Crippen LogP contribution < -0.4 is 0 Å². The summed E-state index contributed by atoms with van der Waals surface area (Å²) in [6.07, 6.45) is 3.95. The van der Waals surface area contributed by atoms with Gasteiger partial charge in [0.05, 0.1) is 24.8 Å². The van der Waals surface area contributed by atoms with Crippen molar-refractivity contribution in [3.63, 3.8) is 0 Å². The molecule has 18 heavy (non-hydrogen) atoms. The van der Waals surface area contributed by atoms with Crippen LogP contribution in [0.5, 0.6) is 0 Å². The average Bonchev–Trinajstić information content (AvgIpc) is 2.38. The van der Waals surface area contributed by atoms with Gasteiger partial charge in [-0.05, 0) is 17.7 Å². The molecule has 0 aliphatic carbocycles. The maximum absolute atomic E-state index is 13.9. The fraction of sp³-hybridized carbons (Fsp3) is 0.231. The lowest BCUT2D eigenvalue weighted by molar-refractivity contribution is 0.0599. The van der Waals surface area contributed by atoms with E-state index in [-0.39, 0.29) is 17.7 Å². The Morgan fingerprint density at radius 3 is 2.50 bits per heavy atom. The van der Waals surface area contributed by atoms with E-state index in [1.165, 1.54) is 0 Å². The molecule has 1 aromatic carbocycles. The molecule has 0 unspecified atom stereocenters. The Morgan fingerprint density at radius 1 is 1.33 bits per heavy atom. The summed E-state index contributed by atoms with van der Waals surface area (Å²) in [5, 5.41) is 0. The van der Waals surface area contributed by atoms with E-state index in [0.717, 1.165) is 19.2 Å². The molecular weight excluding hydrogens is 240 g/mol. The van der Waals surface area contributed by atoms with Crippen molar-refractivity contribution in [2.75, 3.05) is 13.7 Å². The zero-order valence-electron chi connectivity index (χ0n) is 9.74. The fourth-order valence-electron chi connectivity index (χ4n) is 1.79. The van der Waals surface area contributed by atoms with Crippen LogP contribution in [-0.4, -0.2) is 25.8 Å². The standard InChI is InChI=1S/C13H11F2NO2/c1-18-13(17)9-5-10(14)12(11(15)6-9)8-3-2-4-16-7-8/h3-6H,2,7H2,1H3. The number of nitrogens with zero attached hydrogens (tertiary/aromatic N) is 1. The fourth-order valence-corrected chi connectivity index (χ4v) is 1.79. The molecule has 0 saturated carbocycles. The lowest BCUT2D eigenvalue weighted by Gasteiger charge is -2.11. The molecular formula is C13H11F2NO2. The number of allylic oxidation sites excluding steroid dienone is 1. The minimum atomic E-state index is -0.779. The third-order valence-electron chi connectivity index (χ3n) is 2.64. The highest BCUT2D eigenvalue weighted by Crippen LogP contribution is 2.25. The molecule has 0 N–H and O–H groups in total. The summed E-state index contributed by atoms with van der Waals surface area (Å²) >= 11 is 0. The van der Waals surface area contributed by atoms with E-state index in [0.29, 0.717) is 12.0 Å². The molecule has 0 atom stereocenters. The summed E-state index contributed by atoms with van der Waals surface area (Å²) in [5.41, 5.74) is 0.222. The van der Waals surface area contributed by atoms with Gasteiger partial charge in [-0.1, -0.05) is 6.08 Å². The van der Waals surface area contributed by atoms with Crippen molar-refractivity contribution in [2.45, 2.75) is 6.42 Å². The summed E-state index contributed by atoms with van der Waals surface area (Å²) < 4.78 is 32.1. The maximum atomic E-state index is 13.9. The number of dihydropyridines is 1. The minimum Gasteiger partial charge on any atom is -0.465 e. The predicted molar refractivity (Wildman–Crippen MR) is 63.7 cm³/mol. The van der Waals surface area contributed by atoms with Gasteiger partial charge in [-0.2, -0.15) is 0 Å². The monoisotopic (exact) mass is 251 g/mol. The second kappa shape index (κ2) is 5.08. The maximum Gasteiger partial charge on any atom is 0.338 e. The van der Waals surface area contributed by atoms with E-state index >= 15 is 0 Å². The van der Waals surface area contributed by atoms with Gasteiger partial charge in [0.25, 0.3) is 0 Å². The number of hydrogen-bond donors (Lipinski definition) is 0. The molecule has 0 spiro atoms. The number of esters is 1. The third-order valence-corrected chi connectivity index (χ3v) is 2.64. The third kappa shape index (κ3) is 2.30. The Labute approximate surface area is 103 Å².